The Hall–Kier alpha value is -2.44. The van der Waals surface area contributed by atoms with Crippen molar-refractivity contribution < 1.29 is 24.5 Å². The van der Waals surface area contributed by atoms with Crippen molar-refractivity contribution in [3.8, 4) is 0 Å². The van der Waals surface area contributed by atoms with Crippen LogP contribution in [-0.2, 0) is 14.3 Å². The molecule has 74 heavy (non-hydrogen) atoms. The Morgan fingerprint density at radius 3 is 1.14 bits per heavy atom. The minimum absolute atomic E-state index is 0.0181. The number of esters is 1. The van der Waals surface area contributed by atoms with E-state index in [0.717, 1.165) is 83.5 Å². The molecule has 0 aliphatic rings. The molecule has 0 saturated carbocycles. The Labute approximate surface area is 460 Å². The zero-order valence-electron chi connectivity index (χ0n) is 49.3. The van der Waals surface area contributed by atoms with Crippen molar-refractivity contribution >= 4 is 11.9 Å². The minimum atomic E-state index is -0.854. The number of aliphatic hydroxyl groups is 2. The van der Waals surface area contributed by atoms with Crippen LogP contribution in [0.2, 0.25) is 0 Å². The summed E-state index contributed by atoms with van der Waals surface area (Å²) in [4.78, 5) is 24.6. The van der Waals surface area contributed by atoms with Gasteiger partial charge in [0.25, 0.3) is 0 Å². The third-order valence-corrected chi connectivity index (χ3v) is 14.8. The lowest BCUT2D eigenvalue weighted by atomic mass is 10.0. The van der Waals surface area contributed by atoms with Gasteiger partial charge in [-0.2, -0.15) is 0 Å². The molecule has 0 aromatic heterocycles. The van der Waals surface area contributed by atoms with E-state index in [1.54, 1.807) is 6.08 Å². The van der Waals surface area contributed by atoms with E-state index in [2.05, 4.69) is 67.8 Å². The van der Waals surface area contributed by atoms with E-state index in [1.807, 2.05) is 6.08 Å². The molecule has 0 radical (unpaired) electrons. The van der Waals surface area contributed by atoms with E-state index in [1.165, 1.54) is 225 Å². The molecule has 6 heteroatoms. The van der Waals surface area contributed by atoms with E-state index in [-0.39, 0.29) is 18.5 Å². The van der Waals surface area contributed by atoms with Crippen molar-refractivity contribution in [3.05, 3.63) is 60.8 Å². The van der Waals surface area contributed by atoms with Gasteiger partial charge in [0.2, 0.25) is 5.91 Å². The second-order valence-corrected chi connectivity index (χ2v) is 22.1. The van der Waals surface area contributed by atoms with Crippen LogP contribution in [0.15, 0.2) is 60.8 Å². The maximum Gasteiger partial charge on any atom is 0.305 e. The molecule has 0 bridgehead atoms. The summed E-state index contributed by atoms with van der Waals surface area (Å²) in [5, 5.41) is 23.2. The lowest BCUT2D eigenvalue weighted by molar-refractivity contribution is -0.143. The molecular formula is C68H125NO5. The zero-order valence-corrected chi connectivity index (χ0v) is 49.3. The fourth-order valence-corrected chi connectivity index (χ4v) is 9.77. The number of aliphatic hydroxyl groups excluding tert-OH is 2. The largest absolute Gasteiger partial charge is 0.466 e. The molecule has 1 amide bonds. The van der Waals surface area contributed by atoms with Gasteiger partial charge in [-0.1, -0.05) is 286 Å². The van der Waals surface area contributed by atoms with Crippen molar-refractivity contribution in [2.24, 2.45) is 0 Å². The van der Waals surface area contributed by atoms with Crippen LogP contribution in [0.25, 0.3) is 0 Å². The number of hydrogen-bond donors (Lipinski definition) is 3. The van der Waals surface area contributed by atoms with E-state index < -0.39 is 12.1 Å². The number of unbranched alkanes of at least 4 members (excludes halogenated alkanes) is 42. The van der Waals surface area contributed by atoms with Crippen LogP contribution in [0, 0.1) is 0 Å². The SMILES string of the molecule is CCCCC/C=C\C/C=C\CCCCCCCCCCCC(=O)OCCCCC/C=C\C=C/CCCCCCCCCCCCC(=O)NC(CO)C(O)/C=C/CCCCCCCCCCCCCCCCCCC. The van der Waals surface area contributed by atoms with Gasteiger partial charge in [-0.05, 0) is 96.3 Å². The van der Waals surface area contributed by atoms with Gasteiger partial charge >= 0.3 is 5.97 Å². The van der Waals surface area contributed by atoms with E-state index >= 15 is 0 Å². The summed E-state index contributed by atoms with van der Waals surface area (Å²) >= 11 is 0. The summed E-state index contributed by atoms with van der Waals surface area (Å²) in [5.74, 6) is -0.0947. The van der Waals surface area contributed by atoms with Crippen LogP contribution in [0.1, 0.15) is 335 Å². The first kappa shape index (κ1) is 71.6. The molecule has 0 aromatic rings. The van der Waals surface area contributed by atoms with Gasteiger partial charge in [0.05, 0.1) is 25.4 Å². The van der Waals surface area contributed by atoms with Crippen molar-refractivity contribution in [1.82, 2.24) is 5.32 Å². The fourth-order valence-electron chi connectivity index (χ4n) is 9.77. The molecule has 3 N–H and O–H groups in total. The Morgan fingerprint density at radius 1 is 0.392 bits per heavy atom. The summed E-state index contributed by atoms with van der Waals surface area (Å²) in [7, 11) is 0. The number of nitrogens with one attached hydrogen (secondary N) is 1. The van der Waals surface area contributed by atoms with Gasteiger partial charge in [-0.25, -0.2) is 0 Å². The summed E-state index contributed by atoms with van der Waals surface area (Å²) in [6.07, 6.45) is 82.6. The predicted molar refractivity (Wildman–Crippen MR) is 324 cm³/mol. The second-order valence-electron chi connectivity index (χ2n) is 22.1. The van der Waals surface area contributed by atoms with Crippen LogP contribution >= 0.6 is 0 Å². The highest BCUT2D eigenvalue weighted by molar-refractivity contribution is 5.76. The fraction of sp³-hybridized carbons (Fsp3) is 0.824. The van der Waals surface area contributed by atoms with Crippen molar-refractivity contribution in [2.75, 3.05) is 13.2 Å². The summed E-state index contributed by atoms with van der Waals surface area (Å²) in [6.45, 7) is 4.85. The molecule has 0 saturated heterocycles. The molecule has 0 spiro atoms. The van der Waals surface area contributed by atoms with Crippen LogP contribution in [0.5, 0.6) is 0 Å². The van der Waals surface area contributed by atoms with E-state index in [0.29, 0.717) is 19.4 Å². The molecule has 0 aliphatic heterocycles. The molecular weight excluding hydrogens is 911 g/mol. The Balaban J connectivity index is 3.50. The molecule has 2 unspecified atom stereocenters. The molecule has 6 nitrogen and oxygen atoms in total. The van der Waals surface area contributed by atoms with Gasteiger partial charge in [0.1, 0.15) is 0 Å². The maximum atomic E-state index is 12.5. The normalized spacial score (nSPS) is 13.0. The third kappa shape index (κ3) is 58.8. The van der Waals surface area contributed by atoms with Gasteiger partial charge in [-0.15, -0.1) is 0 Å². The summed E-state index contributed by atoms with van der Waals surface area (Å²) < 4.78 is 5.47. The number of amides is 1. The lowest BCUT2D eigenvalue weighted by Crippen LogP contribution is -2.45. The summed E-state index contributed by atoms with van der Waals surface area (Å²) in [5.41, 5.74) is 0. The van der Waals surface area contributed by atoms with Gasteiger partial charge in [0, 0.05) is 12.8 Å². The molecule has 0 fully saturated rings. The highest BCUT2D eigenvalue weighted by Crippen LogP contribution is 2.17. The zero-order chi connectivity index (χ0) is 53.6. The Bertz CT molecular complexity index is 1290. The van der Waals surface area contributed by atoms with E-state index in [4.69, 9.17) is 4.74 Å². The van der Waals surface area contributed by atoms with Crippen LogP contribution in [0.4, 0.5) is 0 Å². The third-order valence-electron chi connectivity index (χ3n) is 14.8. The number of rotatable bonds is 60. The quantitative estimate of drug-likeness (QED) is 0.0244. The van der Waals surface area contributed by atoms with Crippen molar-refractivity contribution in [2.45, 2.75) is 347 Å². The minimum Gasteiger partial charge on any atom is -0.466 e. The highest BCUT2D eigenvalue weighted by Gasteiger charge is 2.18. The number of carbonyl (C=O) groups excluding carboxylic acids is 2. The van der Waals surface area contributed by atoms with Gasteiger partial charge in [0.15, 0.2) is 0 Å². The van der Waals surface area contributed by atoms with Gasteiger partial charge in [-0.3, -0.25) is 9.59 Å². The average Bonchev–Trinajstić information content (AvgIpc) is 3.40. The number of ether oxygens (including phenoxy) is 1. The first-order chi connectivity index (χ1) is 36.5. The first-order valence-corrected chi connectivity index (χ1v) is 32.6. The highest BCUT2D eigenvalue weighted by atomic mass is 16.5. The number of hydrogen-bond acceptors (Lipinski definition) is 5. The topological polar surface area (TPSA) is 95.9 Å². The van der Waals surface area contributed by atoms with Crippen LogP contribution < -0.4 is 5.32 Å². The van der Waals surface area contributed by atoms with Crippen molar-refractivity contribution in [1.29, 1.82) is 0 Å². The Kier molecular flexibility index (Phi) is 61.0. The molecule has 432 valence electrons. The standard InChI is InChI=1S/C68H125NO5/c1-3-5-7-9-11-13-15-17-19-21-24-28-32-36-40-44-48-52-56-60-66(71)65(64-70)69-67(72)61-57-53-49-45-41-37-33-29-26-23-27-31-35-39-43-47-51-55-59-63-74-68(73)62-58-54-50-46-42-38-34-30-25-22-20-18-16-14-12-10-8-6-4-2/h12,14,18,20,31,35,39,43,56,60,65-66,70-71H,3-11,13,15-17,19,21-30,32-34,36-38,40-42,44-55,57-59,61-64H2,1-2H3,(H,69,72)/b14-12-,20-18-,35-31-,43-39-,60-56+. The second kappa shape index (κ2) is 63.1. The smallest absolute Gasteiger partial charge is 0.305 e. The molecule has 0 aromatic carbocycles. The van der Waals surface area contributed by atoms with Crippen molar-refractivity contribution in [3.63, 3.8) is 0 Å². The first-order valence-electron chi connectivity index (χ1n) is 32.6. The lowest BCUT2D eigenvalue weighted by Gasteiger charge is -2.20. The monoisotopic (exact) mass is 1040 g/mol. The average molecular weight is 1040 g/mol. The summed E-state index contributed by atoms with van der Waals surface area (Å²) in [6, 6.07) is -0.638. The molecule has 2 atom stereocenters. The maximum absolute atomic E-state index is 12.5. The molecule has 0 aliphatic carbocycles. The van der Waals surface area contributed by atoms with E-state index in [9.17, 15) is 19.8 Å². The predicted octanol–water partition coefficient (Wildman–Crippen LogP) is 20.7. The van der Waals surface area contributed by atoms with Crippen LogP contribution in [-0.4, -0.2) is 47.4 Å². The molecule has 0 rings (SSSR count). The van der Waals surface area contributed by atoms with Gasteiger partial charge < -0.3 is 20.3 Å². The van der Waals surface area contributed by atoms with Crippen LogP contribution in [0.3, 0.4) is 0 Å². The Morgan fingerprint density at radius 2 is 0.716 bits per heavy atom. The molecule has 0 heterocycles. The number of carbonyl (C=O) groups is 2. The number of allylic oxidation sites excluding steroid dienone is 9.